The summed E-state index contributed by atoms with van der Waals surface area (Å²) >= 11 is 1.42. The first-order valence-corrected chi connectivity index (χ1v) is 11.1. The average Bonchev–Trinajstić information content (AvgIpc) is 3.36. The SMILES string of the molecule is COc1ccc(OC(C)c2nnc(SCC(=O)NC3CCCC3)n2C(C)C)cc1. The Labute approximate surface area is 176 Å². The fourth-order valence-corrected chi connectivity index (χ4v) is 4.42. The number of carbonyl (C=O) groups is 1. The number of ether oxygens (including phenoxy) is 2. The van der Waals surface area contributed by atoms with Gasteiger partial charge in [-0.1, -0.05) is 24.6 Å². The van der Waals surface area contributed by atoms with Gasteiger partial charge in [0.1, 0.15) is 11.5 Å². The molecule has 0 aliphatic heterocycles. The van der Waals surface area contributed by atoms with Gasteiger partial charge in [0.25, 0.3) is 0 Å². The maximum atomic E-state index is 12.3. The number of nitrogens with one attached hydrogen (secondary N) is 1. The van der Waals surface area contributed by atoms with Gasteiger partial charge in [-0.2, -0.15) is 0 Å². The van der Waals surface area contributed by atoms with E-state index < -0.39 is 0 Å². The second-order valence-electron chi connectivity index (χ2n) is 7.58. The van der Waals surface area contributed by atoms with Gasteiger partial charge in [0.2, 0.25) is 5.91 Å². The fraction of sp³-hybridized carbons (Fsp3) is 0.571. The number of hydrogen-bond acceptors (Lipinski definition) is 6. The molecule has 3 rings (SSSR count). The van der Waals surface area contributed by atoms with Gasteiger partial charge in [-0.25, -0.2) is 0 Å². The van der Waals surface area contributed by atoms with E-state index in [4.69, 9.17) is 9.47 Å². The number of hydrogen-bond donors (Lipinski definition) is 1. The van der Waals surface area contributed by atoms with E-state index in [2.05, 4.69) is 29.4 Å². The molecule has 1 unspecified atom stereocenters. The first-order chi connectivity index (χ1) is 14.0. The highest BCUT2D eigenvalue weighted by atomic mass is 32.2. The van der Waals surface area contributed by atoms with Crippen LogP contribution in [0.3, 0.4) is 0 Å². The van der Waals surface area contributed by atoms with Gasteiger partial charge in [0, 0.05) is 12.1 Å². The zero-order valence-electron chi connectivity index (χ0n) is 17.6. The van der Waals surface area contributed by atoms with Crippen LogP contribution in [0.25, 0.3) is 0 Å². The molecule has 8 heteroatoms. The summed E-state index contributed by atoms with van der Waals surface area (Å²) < 4.78 is 13.3. The van der Waals surface area contributed by atoms with Gasteiger partial charge in [0.15, 0.2) is 17.1 Å². The molecule has 0 bridgehead atoms. The van der Waals surface area contributed by atoms with Gasteiger partial charge in [-0.3, -0.25) is 4.79 Å². The van der Waals surface area contributed by atoms with E-state index in [0.29, 0.717) is 11.8 Å². The van der Waals surface area contributed by atoms with Crippen LogP contribution in [0.15, 0.2) is 29.4 Å². The predicted octanol–water partition coefficient (Wildman–Crippen LogP) is 4.16. The standard InChI is InChI=1S/C21H30N4O3S/c1-14(2)25-20(15(3)28-18-11-9-17(27-4)10-12-18)23-24-21(25)29-13-19(26)22-16-7-5-6-8-16/h9-12,14-16H,5-8,13H2,1-4H3,(H,22,26). The minimum Gasteiger partial charge on any atom is -0.497 e. The zero-order chi connectivity index (χ0) is 20.8. The number of aromatic nitrogens is 3. The van der Waals surface area contributed by atoms with Gasteiger partial charge < -0.3 is 19.4 Å². The summed E-state index contributed by atoms with van der Waals surface area (Å²) in [4.78, 5) is 12.3. The quantitative estimate of drug-likeness (QED) is 0.616. The van der Waals surface area contributed by atoms with E-state index in [1.54, 1.807) is 7.11 Å². The van der Waals surface area contributed by atoms with Gasteiger partial charge >= 0.3 is 0 Å². The van der Waals surface area contributed by atoms with Crippen LogP contribution in [-0.4, -0.2) is 39.6 Å². The smallest absolute Gasteiger partial charge is 0.230 e. The summed E-state index contributed by atoms with van der Waals surface area (Å²) in [6.07, 6.45) is 4.30. The Kier molecular flexibility index (Phi) is 7.41. The average molecular weight is 419 g/mol. The van der Waals surface area contributed by atoms with Crippen LogP contribution in [0.4, 0.5) is 0 Å². The second-order valence-corrected chi connectivity index (χ2v) is 8.52. The first-order valence-electron chi connectivity index (χ1n) is 10.2. The summed E-state index contributed by atoms with van der Waals surface area (Å²) in [6, 6.07) is 7.95. The van der Waals surface area contributed by atoms with Crippen molar-refractivity contribution in [3.05, 3.63) is 30.1 Å². The Hall–Kier alpha value is -2.22. The van der Waals surface area contributed by atoms with Crippen LogP contribution in [0, 0.1) is 0 Å². The van der Waals surface area contributed by atoms with E-state index in [1.807, 2.05) is 35.8 Å². The van der Waals surface area contributed by atoms with Crippen molar-refractivity contribution >= 4 is 17.7 Å². The number of carbonyl (C=O) groups excluding carboxylic acids is 1. The molecule has 7 nitrogen and oxygen atoms in total. The molecule has 1 N–H and O–H groups in total. The molecule has 1 aliphatic carbocycles. The summed E-state index contributed by atoms with van der Waals surface area (Å²) in [5, 5.41) is 12.5. The molecule has 0 radical (unpaired) electrons. The van der Waals surface area contributed by atoms with Gasteiger partial charge in [0.05, 0.1) is 12.9 Å². The number of rotatable bonds is 9. The summed E-state index contributed by atoms with van der Waals surface area (Å²) in [5.74, 6) is 2.67. The lowest BCUT2D eigenvalue weighted by atomic mass is 10.2. The maximum absolute atomic E-state index is 12.3. The minimum absolute atomic E-state index is 0.0595. The molecular formula is C21H30N4O3S. The lowest BCUT2D eigenvalue weighted by Gasteiger charge is -2.19. The van der Waals surface area contributed by atoms with Crippen molar-refractivity contribution in [2.45, 2.75) is 69.8 Å². The molecule has 1 fully saturated rings. The Morgan fingerprint density at radius 2 is 1.83 bits per heavy atom. The van der Waals surface area contributed by atoms with Crippen LogP contribution in [0.5, 0.6) is 11.5 Å². The highest BCUT2D eigenvalue weighted by molar-refractivity contribution is 7.99. The second kappa shape index (κ2) is 10.0. The van der Waals surface area contributed by atoms with Gasteiger partial charge in [-0.15, -0.1) is 10.2 Å². The van der Waals surface area contributed by atoms with Crippen molar-refractivity contribution in [1.82, 2.24) is 20.1 Å². The van der Waals surface area contributed by atoms with Crippen LogP contribution in [0.2, 0.25) is 0 Å². The molecule has 1 aliphatic rings. The fourth-order valence-electron chi connectivity index (χ4n) is 3.53. The van der Waals surface area contributed by atoms with E-state index in [9.17, 15) is 4.79 Å². The first kappa shape index (κ1) is 21.5. The molecule has 2 aromatic rings. The van der Waals surface area contributed by atoms with Crippen LogP contribution < -0.4 is 14.8 Å². The monoisotopic (exact) mass is 418 g/mol. The number of nitrogens with zero attached hydrogens (tertiary/aromatic N) is 3. The molecule has 1 saturated carbocycles. The lowest BCUT2D eigenvalue weighted by molar-refractivity contribution is -0.119. The highest BCUT2D eigenvalue weighted by Gasteiger charge is 2.23. The number of benzene rings is 1. The topological polar surface area (TPSA) is 78.3 Å². The third-order valence-corrected chi connectivity index (χ3v) is 5.94. The van der Waals surface area contributed by atoms with Crippen molar-refractivity contribution in [3.8, 4) is 11.5 Å². The molecule has 1 aromatic heterocycles. The van der Waals surface area contributed by atoms with E-state index in [1.165, 1.54) is 24.6 Å². The van der Waals surface area contributed by atoms with Crippen molar-refractivity contribution < 1.29 is 14.3 Å². The Balaban J connectivity index is 1.64. The number of amides is 1. The van der Waals surface area contributed by atoms with E-state index in [-0.39, 0.29) is 18.1 Å². The molecule has 1 aromatic carbocycles. The van der Waals surface area contributed by atoms with Crippen molar-refractivity contribution in [2.24, 2.45) is 0 Å². The molecule has 0 spiro atoms. The third-order valence-electron chi connectivity index (χ3n) is 5.00. The molecule has 158 valence electrons. The van der Waals surface area contributed by atoms with Crippen LogP contribution >= 0.6 is 11.8 Å². The van der Waals surface area contributed by atoms with Gasteiger partial charge in [-0.05, 0) is 57.9 Å². The van der Waals surface area contributed by atoms with Crippen molar-refractivity contribution in [3.63, 3.8) is 0 Å². The number of methoxy groups -OCH3 is 1. The number of thioether (sulfide) groups is 1. The van der Waals surface area contributed by atoms with Crippen molar-refractivity contribution in [2.75, 3.05) is 12.9 Å². The minimum atomic E-state index is -0.278. The summed E-state index contributed by atoms with van der Waals surface area (Å²) in [5.41, 5.74) is 0. The third kappa shape index (κ3) is 5.65. The van der Waals surface area contributed by atoms with Crippen LogP contribution in [-0.2, 0) is 4.79 Å². The largest absolute Gasteiger partial charge is 0.497 e. The predicted molar refractivity (Wildman–Crippen MR) is 114 cm³/mol. The maximum Gasteiger partial charge on any atom is 0.230 e. The molecule has 0 saturated heterocycles. The van der Waals surface area contributed by atoms with Crippen LogP contribution in [0.1, 0.15) is 64.4 Å². The zero-order valence-corrected chi connectivity index (χ0v) is 18.4. The summed E-state index contributed by atoms with van der Waals surface area (Å²) in [6.45, 7) is 6.11. The molecule has 1 heterocycles. The molecule has 29 heavy (non-hydrogen) atoms. The Morgan fingerprint density at radius 3 is 2.45 bits per heavy atom. The Morgan fingerprint density at radius 1 is 1.17 bits per heavy atom. The Bertz CT molecular complexity index is 801. The normalized spacial score (nSPS) is 15.5. The molecule has 1 atom stereocenters. The van der Waals surface area contributed by atoms with Crippen molar-refractivity contribution in [1.29, 1.82) is 0 Å². The van der Waals surface area contributed by atoms with E-state index >= 15 is 0 Å². The summed E-state index contributed by atoms with van der Waals surface area (Å²) in [7, 11) is 1.64. The lowest BCUT2D eigenvalue weighted by Crippen LogP contribution is -2.33. The molecular weight excluding hydrogens is 388 g/mol. The van der Waals surface area contributed by atoms with E-state index in [0.717, 1.165) is 35.3 Å². The molecule has 1 amide bonds. The highest BCUT2D eigenvalue weighted by Crippen LogP contribution is 2.28.